The van der Waals surface area contributed by atoms with Gasteiger partial charge in [0.25, 0.3) is 0 Å². The van der Waals surface area contributed by atoms with Gasteiger partial charge in [0.1, 0.15) is 5.60 Å². The molecule has 0 saturated heterocycles. The fourth-order valence-electron chi connectivity index (χ4n) is 2.48. The number of ether oxygens (including phenoxy) is 1. The molecule has 1 aromatic rings. The van der Waals surface area contributed by atoms with Crippen LogP contribution in [0.3, 0.4) is 0 Å². The van der Waals surface area contributed by atoms with Gasteiger partial charge in [-0.05, 0) is 34.1 Å². The fourth-order valence-corrected chi connectivity index (χ4v) is 2.48. The Labute approximate surface area is 119 Å². The number of carbonyl (C=O) groups excluding carboxylic acids is 1. The minimum atomic E-state index is -0.470. The summed E-state index contributed by atoms with van der Waals surface area (Å²) < 4.78 is 7.34. The molecule has 0 bridgehead atoms. The van der Waals surface area contributed by atoms with Gasteiger partial charge in [0.15, 0.2) is 0 Å². The number of carbonyl (C=O) groups is 1. The third kappa shape index (κ3) is 2.95. The first-order valence-electron chi connectivity index (χ1n) is 7.11. The van der Waals surface area contributed by atoms with E-state index in [1.807, 2.05) is 32.4 Å². The maximum absolute atomic E-state index is 12.1. The maximum Gasteiger partial charge on any atom is 0.410 e. The molecule has 0 radical (unpaired) electrons. The van der Waals surface area contributed by atoms with E-state index in [1.54, 1.807) is 4.90 Å². The number of rotatable bonds is 2. The van der Waals surface area contributed by atoms with Gasteiger partial charge in [-0.15, -0.1) is 0 Å². The van der Waals surface area contributed by atoms with E-state index in [0.717, 1.165) is 24.4 Å². The van der Waals surface area contributed by atoms with Crippen molar-refractivity contribution in [2.75, 3.05) is 6.54 Å². The highest BCUT2D eigenvalue weighted by atomic mass is 16.6. The Morgan fingerprint density at radius 3 is 2.70 bits per heavy atom. The Balaban J connectivity index is 2.15. The Hall–Kier alpha value is -1.56. The second-order valence-electron chi connectivity index (χ2n) is 6.04. The molecule has 2 N–H and O–H groups in total. The van der Waals surface area contributed by atoms with E-state index in [4.69, 9.17) is 10.5 Å². The molecule has 1 aliphatic rings. The van der Waals surface area contributed by atoms with E-state index in [9.17, 15) is 4.79 Å². The van der Waals surface area contributed by atoms with Crippen LogP contribution in [0.2, 0.25) is 0 Å². The van der Waals surface area contributed by atoms with Crippen molar-refractivity contribution < 1.29 is 9.53 Å². The lowest BCUT2D eigenvalue weighted by Crippen LogP contribution is -2.40. The second-order valence-corrected chi connectivity index (χ2v) is 6.04. The zero-order chi connectivity index (χ0) is 14.9. The minimum absolute atomic E-state index is 0.275. The smallest absolute Gasteiger partial charge is 0.410 e. The lowest BCUT2D eigenvalue weighted by atomic mass is 10.0. The summed E-state index contributed by atoms with van der Waals surface area (Å²) in [6.45, 7) is 10.1. The maximum atomic E-state index is 12.1. The Bertz CT molecular complexity index is 502. The van der Waals surface area contributed by atoms with Crippen molar-refractivity contribution in [3.8, 4) is 0 Å². The van der Waals surface area contributed by atoms with Crippen LogP contribution in [0.15, 0.2) is 0 Å². The standard InChI is InChI=1S/C14H24N4O2/c1-5-18-12(8-15)10-6-7-17(9-11(10)16-18)13(19)20-14(2,3)4/h5-9,15H2,1-4H3. The molecular formula is C14H24N4O2. The average Bonchev–Trinajstić information content (AvgIpc) is 2.73. The lowest BCUT2D eigenvalue weighted by molar-refractivity contribution is 0.0221. The highest BCUT2D eigenvalue weighted by molar-refractivity contribution is 5.68. The summed E-state index contributed by atoms with van der Waals surface area (Å²) in [6.07, 6.45) is 0.518. The molecule has 1 amide bonds. The number of fused-ring (bicyclic) bond motifs is 1. The van der Waals surface area contributed by atoms with Crippen LogP contribution < -0.4 is 5.73 Å². The summed E-state index contributed by atoms with van der Waals surface area (Å²) in [5.41, 5.74) is 8.58. The van der Waals surface area contributed by atoms with Crippen LogP contribution >= 0.6 is 0 Å². The van der Waals surface area contributed by atoms with E-state index < -0.39 is 5.60 Å². The molecule has 1 aromatic heterocycles. The lowest BCUT2D eigenvalue weighted by Gasteiger charge is -2.29. The first kappa shape index (κ1) is 14.8. The zero-order valence-electron chi connectivity index (χ0n) is 12.8. The predicted molar refractivity (Wildman–Crippen MR) is 76.1 cm³/mol. The molecule has 0 fully saturated rings. The molecule has 0 spiro atoms. The normalized spacial score (nSPS) is 15.2. The average molecular weight is 280 g/mol. The van der Waals surface area contributed by atoms with Crippen molar-refractivity contribution in [3.05, 3.63) is 17.0 Å². The fraction of sp³-hybridized carbons (Fsp3) is 0.714. The molecule has 2 heterocycles. The summed E-state index contributed by atoms with van der Waals surface area (Å²) >= 11 is 0. The highest BCUT2D eigenvalue weighted by Gasteiger charge is 2.29. The Morgan fingerprint density at radius 2 is 2.15 bits per heavy atom. The van der Waals surface area contributed by atoms with E-state index in [1.165, 1.54) is 5.56 Å². The van der Waals surface area contributed by atoms with Crippen LogP contribution in [0.4, 0.5) is 4.79 Å². The molecule has 0 aromatic carbocycles. The van der Waals surface area contributed by atoms with E-state index in [2.05, 4.69) is 5.10 Å². The molecular weight excluding hydrogens is 256 g/mol. The Morgan fingerprint density at radius 1 is 1.45 bits per heavy atom. The SMILES string of the molecule is CCn1nc2c(c1CN)CCN(C(=O)OC(C)(C)C)C2. The van der Waals surface area contributed by atoms with Crippen LogP contribution in [-0.2, 0) is 30.8 Å². The van der Waals surface area contributed by atoms with Crippen molar-refractivity contribution in [2.45, 2.75) is 59.4 Å². The molecule has 6 heteroatoms. The van der Waals surface area contributed by atoms with Crippen LogP contribution in [0.1, 0.15) is 44.6 Å². The van der Waals surface area contributed by atoms with Crippen molar-refractivity contribution in [1.29, 1.82) is 0 Å². The van der Waals surface area contributed by atoms with Gasteiger partial charge in [-0.2, -0.15) is 5.10 Å². The number of aromatic nitrogens is 2. The third-order valence-corrected chi connectivity index (χ3v) is 3.37. The molecule has 0 saturated carbocycles. The molecule has 0 aliphatic carbocycles. The summed E-state index contributed by atoms with van der Waals surface area (Å²) in [4.78, 5) is 13.8. The van der Waals surface area contributed by atoms with Gasteiger partial charge in [0.05, 0.1) is 17.9 Å². The topological polar surface area (TPSA) is 73.4 Å². The van der Waals surface area contributed by atoms with Crippen LogP contribution in [-0.4, -0.2) is 32.9 Å². The number of nitrogens with zero attached hydrogens (tertiary/aromatic N) is 3. The van der Waals surface area contributed by atoms with Crippen molar-refractivity contribution in [3.63, 3.8) is 0 Å². The predicted octanol–water partition coefficient (Wildman–Crippen LogP) is 1.65. The zero-order valence-corrected chi connectivity index (χ0v) is 12.8. The summed E-state index contributed by atoms with van der Waals surface area (Å²) in [5.74, 6) is 0. The van der Waals surface area contributed by atoms with E-state index in [-0.39, 0.29) is 6.09 Å². The van der Waals surface area contributed by atoms with Gasteiger partial charge in [0.2, 0.25) is 0 Å². The second kappa shape index (κ2) is 5.44. The summed E-state index contributed by atoms with van der Waals surface area (Å²) in [7, 11) is 0. The van der Waals surface area contributed by atoms with E-state index in [0.29, 0.717) is 19.6 Å². The summed E-state index contributed by atoms with van der Waals surface area (Å²) in [5, 5.41) is 4.56. The molecule has 6 nitrogen and oxygen atoms in total. The van der Waals surface area contributed by atoms with Gasteiger partial charge in [0, 0.05) is 25.2 Å². The number of hydrogen-bond acceptors (Lipinski definition) is 4. The minimum Gasteiger partial charge on any atom is -0.444 e. The van der Waals surface area contributed by atoms with Crippen LogP contribution in [0, 0.1) is 0 Å². The van der Waals surface area contributed by atoms with E-state index >= 15 is 0 Å². The third-order valence-electron chi connectivity index (χ3n) is 3.37. The largest absolute Gasteiger partial charge is 0.444 e. The van der Waals surface area contributed by atoms with Gasteiger partial charge >= 0.3 is 6.09 Å². The molecule has 112 valence electrons. The molecule has 20 heavy (non-hydrogen) atoms. The van der Waals surface area contributed by atoms with Crippen LogP contribution in [0.5, 0.6) is 0 Å². The number of amides is 1. The molecule has 0 unspecified atom stereocenters. The van der Waals surface area contributed by atoms with Crippen molar-refractivity contribution in [2.24, 2.45) is 5.73 Å². The number of hydrogen-bond donors (Lipinski definition) is 1. The highest BCUT2D eigenvalue weighted by Crippen LogP contribution is 2.23. The molecule has 2 rings (SSSR count). The monoisotopic (exact) mass is 280 g/mol. The van der Waals surface area contributed by atoms with Crippen LogP contribution in [0.25, 0.3) is 0 Å². The Kier molecular flexibility index (Phi) is 4.04. The number of nitrogens with two attached hydrogens (primary N) is 1. The van der Waals surface area contributed by atoms with Gasteiger partial charge in [-0.1, -0.05) is 0 Å². The van der Waals surface area contributed by atoms with Gasteiger partial charge < -0.3 is 15.4 Å². The molecule has 1 aliphatic heterocycles. The number of aryl methyl sites for hydroxylation is 1. The molecule has 0 atom stereocenters. The first-order valence-corrected chi connectivity index (χ1v) is 7.11. The summed E-state index contributed by atoms with van der Waals surface area (Å²) in [6, 6.07) is 0. The van der Waals surface area contributed by atoms with Gasteiger partial charge in [-0.3, -0.25) is 4.68 Å². The van der Waals surface area contributed by atoms with Crippen molar-refractivity contribution in [1.82, 2.24) is 14.7 Å². The quantitative estimate of drug-likeness (QED) is 0.894. The first-order chi connectivity index (χ1) is 9.35. The van der Waals surface area contributed by atoms with Gasteiger partial charge in [-0.25, -0.2) is 4.79 Å². The van der Waals surface area contributed by atoms with Crippen molar-refractivity contribution >= 4 is 6.09 Å².